The summed E-state index contributed by atoms with van der Waals surface area (Å²) in [6.45, 7) is 1.80. The highest BCUT2D eigenvalue weighted by Gasteiger charge is 2.17. The first-order valence-corrected chi connectivity index (χ1v) is 9.27. The van der Waals surface area contributed by atoms with E-state index in [-0.39, 0.29) is 11.5 Å². The number of nitrogens with one attached hydrogen (secondary N) is 1. The molecule has 0 aliphatic rings. The standard InChI is InChI=1S/C22H18ClN3O2/c1-13(20-25-19-12-17(23)9-10-18(19)22(28)26(20)2)24-21(27)16-8-7-14-5-3-4-6-15(14)11-16/h3-13H,1-2H3,(H,24,27). The molecular weight excluding hydrogens is 374 g/mol. The number of hydrogen-bond donors (Lipinski definition) is 1. The highest BCUT2D eigenvalue weighted by Crippen LogP contribution is 2.19. The lowest BCUT2D eigenvalue weighted by atomic mass is 10.1. The molecule has 1 atom stereocenters. The molecule has 0 fully saturated rings. The van der Waals surface area contributed by atoms with Gasteiger partial charge in [0.05, 0.1) is 16.9 Å². The van der Waals surface area contributed by atoms with E-state index in [4.69, 9.17) is 11.6 Å². The van der Waals surface area contributed by atoms with Crippen LogP contribution in [0, 0.1) is 0 Å². The van der Waals surface area contributed by atoms with Gasteiger partial charge in [-0.3, -0.25) is 14.2 Å². The summed E-state index contributed by atoms with van der Waals surface area (Å²) in [5, 5.41) is 5.99. The topological polar surface area (TPSA) is 64.0 Å². The molecule has 0 radical (unpaired) electrons. The Morgan fingerprint density at radius 2 is 1.82 bits per heavy atom. The van der Waals surface area contributed by atoms with Gasteiger partial charge in [-0.2, -0.15) is 0 Å². The van der Waals surface area contributed by atoms with Crippen molar-refractivity contribution in [2.24, 2.45) is 7.05 Å². The number of carbonyl (C=O) groups excluding carboxylic acids is 1. The molecule has 140 valence electrons. The Bertz CT molecular complexity index is 1280. The molecule has 0 aliphatic carbocycles. The number of hydrogen-bond acceptors (Lipinski definition) is 3. The van der Waals surface area contributed by atoms with Crippen LogP contribution >= 0.6 is 11.6 Å². The fourth-order valence-corrected chi connectivity index (χ4v) is 3.49. The van der Waals surface area contributed by atoms with Gasteiger partial charge in [0.2, 0.25) is 0 Å². The maximum absolute atomic E-state index is 12.7. The van der Waals surface area contributed by atoms with Gasteiger partial charge in [0.25, 0.3) is 11.5 Å². The number of carbonyl (C=O) groups is 1. The van der Waals surface area contributed by atoms with Gasteiger partial charge in [0, 0.05) is 17.6 Å². The molecule has 1 aromatic heterocycles. The molecule has 28 heavy (non-hydrogen) atoms. The van der Waals surface area contributed by atoms with Crippen LogP contribution in [-0.4, -0.2) is 15.5 Å². The normalized spacial score (nSPS) is 12.2. The number of halogens is 1. The van der Waals surface area contributed by atoms with Crippen molar-refractivity contribution in [2.75, 3.05) is 0 Å². The van der Waals surface area contributed by atoms with E-state index in [2.05, 4.69) is 10.3 Å². The molecule has 1 unspecified atom stereocenters. The fourth-order valence-electron chi connectivity index (χ4n) is 3.32. The lowest BCUT2D eigenvalue weighted by Gasteiger charge is -2.17. The van der Waals surface area contributed by atoms with Crippen LogP contribution < -0.4 is 10.9 Å². The van der Waals surface area contributed by atoms with Gasteiger partial charge in [-0.15, -0.1) is 0 Å². The van der Waals surface area contributed by atoms with Gasteiger partial charge in [-0.1, -0.05) is 41.9 Å². The molecule has 0 spiro atoms. The minimum absolute atomic E-state index is 0.177. The zero-order chi connectivity index (χ0) is 19.8. The van der Waals surface area contributed by atoms with Crippen LogP contribution in [0.25, 0.3) is 21.7 Å². The summed E-state index contributed by atoms with van der Waals surface area (Å²) in [5.41, 5.74) is 0.889. The first-order valence-electron chi connectivity index (χ1n) is 8.90. The molecule has 0 saturated carbocycles. The summed E-state index contributed by atoms with van der Waals surface area (Å²) in [6.07, 6.45) is 0. The van der Waals surface area contributed by atoms with E-state index >= 15 is 0 Å². The highest BCUT2D eigenvalue weighted by atomic mass is 35.5. The van der Waals surface area contributed by atoms with E-state index in [9.17, 15) is 9.59 Å². The number of amides is 1. The monoisotopic (exact) mass is 391 g/mol. The van der Waals surface area contributed by atoms with Crippen LogP contribution in [-0.2, 0) is 7.05 Å². The smallest absolute Gasteiger partial charge is 0.261 e. The van der Waals surface area contributed by atoms with Gasteiger partial charge in [0.15, 0.2) is 0 Å². The van der Waals surface area contributed by atoms with Crippen LogP contribution in [0.2, 0.25) is 5.02 Å². The molecule has 1 N–H and O–H groups in total. The molecule has 6 heteroatoms. The van der Waals surface area contributed by atoms with Crippen LogP contribution in [0.5, 0.6) is 0 Å². The van der Waals surface area contributed by atoms with E-state index in [0.29, 0.717) is 27.3 Å². The number of benzene rings is 3. The predicted molar refractivity (Wildman–Crippen MR) is 112 cm³/mol. The lowest BCUT2D eigenvalue weighted by Crippen LogP contribution is -2.32. The average molecular weight is 392 g/mol. The maximum atomic E-state index is 12.7. The van der Waals surface area contributed by atoms with E-state index in [0.717, 1.165) is 10.8 Å². The van der Waals surface area contributed by atoms with Crippen LogP contribution in [0.4, 0.5) is 0 Å². The van der Waals surface area contributed by atoms with E-state index in [1.807, 2.05) is 36.4 Å². The molecule has 5 nitrogen and oxygen atoms in total. The van der Waals surface area contributed by atoms with Crippen LogP contribution in [0.3, 0.4) is 0 Å². The Hall–Kier alpha value is -3.18. The lowest BCUT2D eigenvalue weighted by molar-refractivity contribution is 0.0937. The van der Waals surface area contributed by atoms with Crippen molar-refractivity contribution < 1.29 is 4.79 Å². The summed E-state index contributed by atoms with van der Waals surface area (Å²) in [7, 11) is 1.65. The second kappa shape index (κ2) is 7.09. The molecule has 3 aromatic carbocycles. The van der Waals surface area contributed by atoms with Crippen molar-refractivity contribution in [3.8, 4) is 0 Å². The number of fused-ring (bicyclic) bond motifs is 2. The third kappa shape index (κ3) is 3.25. The predicted octanol–water partition coefficient (Wildman–Crippen LogP) is 4.23. The zero-order valence-corrected chi connectivity index (χ0v) is 16.2. The summed E-state index contributed by atoms with van der Waals surface area (Å²) >= 11 is 6.04. The molecule has 1 amide bonds. The Morgan fingerprint density at radius 1 is 1.07 bits per heavy atom. The fraction of sp³-hybridized carbons (Fsp3) is 0.136. The average Bonchev–Trinajstić information content (AvgIpc) is 2.70. The van der Waals surface area contributed by atoms with Gasteiger partial charge >= 0.3 is 0 Å². The minimum atomic E-state index is -0.458. The van der Waals surface area contributed by atoms with Crippen molar-refractivity contribution in [1.29, 1.82) is 0 Å². The van der Waals surface area contributed by atoms with Gasteiger partial charge < -0.3 is 5.32 Å². The number of aromatic nitrogens is 2. The van der Waals surface area contributed by atoms with E-state index in [1.54, 1.807) is 38.2 Å². The Morgan fingerprint density at radius 3 is 2.61 bits per heavy atom. The third-order valence-electron chi connectivity index (χ3n) is 4.82. The number of nitrogens with zero attached hydrogens (tertiary/aromatic N) is 2. The largest absolute Gasteiger partial charge is 0.342 e. The van der Waals surface area contributed by atoms with Gasteiger partial charge in [-0.05, 0) is 48.0 Å². The molecule has 4 aromatic rings. The second-order valence-corrected chi connectivity index (χ2v) is 7.19. The van der Waals surface area contributed by atoms with E-state index in [1.165, 1.54) is 4.57 Å². The Kier molecular flexibility index (Phi) is 4.61. The van der Waals surface area contributed by atoms with Crippen molar-refractivity contribution in [1.82, 2.24) is 14.9 Å². The minimum Gasteiger partial charge on any atom is -0.342 e. The first kappa shape index (κ1) is 18.2. The Balaban J connectivity index is 1.67. The van der Waals surface area contributed by atoms with Crippen molar-refractivity contribution in [2.45, 2.75) is 13.0 Å². The van der Waals surface area contributed by atoms with Crippen molar-refractivity contribution in [3.05, 3.63) is 87.4 Å². The van der Waals surface area contributed by atoms with Crippen LogP contribution in [0.1, 0.15) is 29.1 Å². The molecule has 0 saturated heterocycles. The van der Waals surface area contributed by atoms with Crippen molar-refractivity contribution >= 4 is 39.2 Å². The molecule has 1 heterocycles. The summed E-state index contributed by atoms with van der Waals surface area (Å²) in [5.74, 6) is 0.243. The highest BCUT2D eigenvalue weighted by molar-refractivity contribution is 6.31. The maximum Gasteiger partial charge on any atom is 0.261 e. The second-order valence-electron chi connectivity index (χ2n) is 6.75. The molecule has 0 bridgehead atoms. The van der Waals surface area contributed by atoms with Crippen molar-refractivity contribution in [3.63, 3.8) is 0 Å². The number of rotatable bonds is 3. The SMILES string of the molecule is CC(NC(=O)c1ccc2ccccc2c1)c1nc2cc(Cl)ccc2c(=O)n1C. The van der Waals surface area contributed by atoms with Crippen LogP contribution in [0.15, 0.2) is 65.5 Å². The molecule has 4 rings (SSSR count). The van der Waals surface area contributed by atoms with Gasteiger partial charge in [-0.25, -0.2) is 4.98 Å². The summed E-state index contributed by atoms with van der Waals surface area (Å²) in [4.78, 5) is 29.9. The third-order valence-corrected chi connectivity index (χ3v) is 5.06. The first-order chi connectivity index (χ1) is 13.4. The van der Waals surface area contributed by atoms with Gasteiger partial charge in [0.1, 0.15) is 5.82 Å². The van der Waals surface area contributed by atoms with E-state index < -0.39 is 6.04 Å². The quantitative estimate of drug-likeness (QED) is 0.568. The summed E-state index contributed by atoms with van der Waals surface area (Å²) in [6, 6.07) is 17.9. The molecule has 0 aliphatic heterocycles. The zero-order valence-electron chi connectivity index (χ0n) is 15.4. The molecular formula is C22H18ClN3O2. The summed E-state index contributed by atoms with van der Waals surface area (Å²) < 4.78 is 1.46. The Labute approximate surface area is 166 Å².